The van der Waals surface area contributed by atoms with Gasteiger partial charge in [-0.1, -0.05) is 45.0 Å². The van der Waals surface area contributed by atoms with E-state index >= 15 is 0 Å². The molecule has 1 rings (SSSR count). The Morgan fingerprint density at radius 2 is 2.20 bits per heavy atom. The van der Waals surface area contributed by atoms with Crippen LogP contribution in [0.25, 0.3) is 0 Å². The molecular formula is C16H24N2OS. The molecule has 1 aromatic heterocycles. The first-order valence-electron chi connectivity index (χ1n) is 7.30. The molecule has 0 fully saturated rings. The van der Waals surface area contributed by atoms with Gasteiger partial charge in [0, 0.05) is 11.6 Å². The highest BCUT2D eigenvalue weighted by atomic mass is 32.1. The summed E-state index contributed by atoms with van der Waals surface area (Å²) in [7, 11) is 0. The minimum absolute atomic E-state index is 0.00382. The van der Waals surface area contributed by atoms with Crippen LogP contribution in [0.5, 0.6) is 0 Å². The summed E-state index contributed by atoms with van der Waals surface area (Å²) < 4.78 is 0. The van der Waals surface area contributed by atoms with E-state index in [4.69, 9.17) is 5.73 Å². The monoisotopic (exact) mass is 292 g/mol. The van der Waals surface area contributed by atoms with Crippen molar-refractivity contribution < 1.29 is 4.79 Å². The fourth-order valence-corrected chi connectivity index (χ4v) is 2.82. The first-order chi connectivity index (χ1) is 9.72. The van der Waals surface area contributed by atoms with Gasteiger partial charge in [0.15, 0.2) is 0 Å². The molecule has 110 valence electrons. The SMILES string of the molecule is CCCCC(CCC)NC(=O)c1sccc1C#CCN. The Balaban J connectivity index is 2.70. The molecule has 1 atom stereocenters. The number of nitrogens with two attached hydrogens (primary N) is 1. The molecule has 3 N–H and O–H groups in total. The quantitative estimate of drug-likeness (QED) is 0.759. The molecule has 0 aliphatic heterocycles. The van der Waals surface area contributed by atoms with Crippen LogP contribution in [0.2, 0.25) is 0 Å². The Kier molecular flexibility index (Phi) is 8.01. The summed E-state index contributed by atoms with van der Waals surface area (Å²) in [6.45, 7) is 4.63. The first-order valence-corrected chi connectivity index (χ1v) is 8.18. The van der Waals surface area contributed by atoms with Gasteiger partial charge in [-0.15, -0.1) is 11.3 Å². The van der Waals surface area contributed by atoms with E-state index in [0.29, 0.717) is 11.4 Å². The van der Waals surface area contributed by atoms with E-state index in [0.717, 1.165) is 37.7 Å². The molecule has 1 unspecified atom stereocenters. The summed E-state index contributed by atoms with van der Waals surface area (Å²) in [4.78, 5) is 13.0. The average Bonchev–Trinajstić information content (AvgIpc) is 2.91. The lowest BCUT2D eigenvalue weighted by molar-refractivity contribution is 0.0936. The predicted molar refractivity (Wildman–Crippen MR) is 85.9 cm³/mol. The lowest BCUT2D eigenvalue weighted by Gasteiger charge is -2.17. The van der Waals surface area contributed by atoms with Gasteiger partial charge in [0.05, 0.1) is 6.54 Å². The third kappa shape index (κ3) is 5.36. The Labute approximate surface area is 126 Å². The molecule has 1 heterocycles. The molecule has 1 aromatic rings. The number of hydrogen-bond donors (Lipinski definition) is 2. The Morgan fingerprint density at radius 3 is 2.85 bits per heavy atom. The van der Waals surface area contributed by atoms with Crippen LogP contribution in [0.3, 0.4) is 0 Å². The molecule has 3 nitrogen and oxygen atoms in total. The number of carbonyl (C=O) groups is 1. The Bertz CT molecular complexity index is 470. The number of rotatable bonds is 7. The predicted octanol–water partition coefficient (Wildman–Crippen LogP) is 3.15. The van der Waals surface area contributed by atoms with Crippen molar-refractivity contribution in [2.75, 3.05) is 6.54 Å². The average molecular weight is 292 g/mol. The van der Waals surface area contributed by atoms with Crippen LogP contribution >= 0.6 is 11.3 Å². The van der Waals surface area contributed by atoms with Crippen molar-refractivity contribution in [3.05, 3.63) is 21.9 Å². The van der Waals surface area contributed by atoms with Crippen molar-refractivity contribution in [1.29, 1.82) is 0 Å². The van der Waals surface area contributed by atoms with Crippen molar-refractivity contribution >= 4 is 17.2 Å². The summed E-state index contributed by atoms with van der Waals surface area (Å²) in [6.07, 6.45) is 5.46. The van der Waals surface area contributed by atoms with Crippen LogP contribution in [-0.2, 0) is 0 Å². The van der Waals surface area contributed by atoms with Crippen LogP contribution in [0, 0.1) is 11.8 Å². The van der Waals surface area contributed by atoms with Crippen molar-refractivity contribution in [3.8, 4) is 11.8 Å². The van der Waals surface area contributed by atoms with E-state index in [1.54, 1.807) is 0 Å². The summed E-state index contributed by atoms with van der Waals surface area (Å²) in [5.74, 6) is 5.76. The highest BCUT2D eigenvalue weighted by Crippen LogP contribution is 2.17. The highest BCUT2D eigenvalue weighted by Gasteiger charge is 2.16. The maximum atomic E-state index is 12.3. The fourth-order valence-electron chi connectivity index (χ4n) is 2.07. The summed E-state index contributed by atoms with van der Waals surface area (Å²) in [5.41, 5.74) is 6.16. The van der Waals surface area contributed by atoms with Crippen molar-refractivity contribution in [2.45, 2.75) is 52.0 Å². The Hall–Kier alpha value is -1.31. The third-order valence-electron chi connectivity index (χ3n) is 3.08. The highest BCUT2D eigenvalue weighted by molar-refractivity contribution is 7.12. The molecule has 0 radical (unpaired) electrons. The fraction of sp³-hybridized carbons (Fsp3) is 0.562. The van der Waals surface area contributed by atoms with Gasteiger partial charge in [0.25, 0.3) is 5.91 Å². The first kappa shape index (κ1) is 16.7. The van der Waals surface area contributed by atoms with Gasteiger partial charge in [0.1, 0.15) is 4.88 Å². The van der Waals surface area contributed by atoms with Crippen LogP contribution in [0.1, 0.15) is 61.2 Å². The smallest absolute Gasteiger partial charge is 0.262 e. The zero-order chi connectivity index (χ0) is 14.8. The number of thiophene rings is 1. The third-order valence-corrected chi connectivity index (χ3v) is 3.99. The number of unbranched alkanes of at least 4 members (excludes halogenated alkanes) is 1. The molecule has 0 aliphatic carbocycles. The normalized spacial score (nSPS) is 11.6. The van der Waals surface area contributed by atoms with E-state index in [-0.39, 0.29) is 11.9 Å². The summed E-state index contributed by atoms with van der Waals surface area (Å²) in [6, 6.07) is 2.15. The van der Waals surface area contributed by atoms with E-state index in [2.05, 4.69) is 31.0 Å². The van der Waals surface area contributed by atoms with Gasteiger partial charge in [-0.2, -0.15) is 0 Å². The van der Waals surface area contributed by atoms with E-state index in [1.165, 1.54) is 11.3 Å². The van der Waals surface area contributed by atoms with Gasteiger partial charge in [-0.25, -0.2) is 0 Å². The van der Waals surface area contributed by atoms with Crippen molar-refractivity contribution in [1.82, 2.24) is 5.32 Å². The van der Waals surface area contributed by atoms with Gasteiger partial charge >= 0.3 is 0 Å². The summed E-state index contributed by atoms with van der Waals surface area (Å²) >= 11 is 1.44. The van der Waals surface area contributed by atoms with Gasteiger partial charge in [-0.05, 0) is 24.3 Å². The van der Waals surface area contributed by atoms with E-state index in [9.17, 15) is 4.79 Å². The van der Waals surface area contributed by atoms with Gasteiger partial charge < -0.3 is 11.1 Å². The lowest BCUT2D eigenvalue weighted by atomic mass is 10.0. The number of carbonyl (C=O) groups excluding carboxylic acids is 1. The number of hydrogen-bond acceptors (Lipinski definition) is 3. The van der Waals surface area contributed by atoms with E-state index in [1.807, 2.05) is 11.4 Å². The topological polar surface area (TPSA) is 55.1 Å². The molecule has 0 aliphatic rings. The minimum Gasteiger partial charge on any atom is -0.349 e. The zero-order valence-electron chi connectivity index (χ0n) is 12.4. The van der Waals surface area contributed by atoms with E-state index < -0.39 is 0 Å². The molecule has 0 saturated carbocycles. The van der Waals surface area contributed by atoms with Gasteiger partial charge in [-0.3, -0.25) is 4.79 Å². The second-order valence-electron chi connectivity index (χ2n) is 4.77. The van der Waals surface area contributed by atoms with Crippen molar-refractivity contribution in [3.63, 3.8) is 0 Å². The molecule has 0 spiro atoms. The van der Waals surface area contributed by atoms with Crippen LogP contribution in [0.15, 0.2) is 11.4 Å². The number of nitrogens with one attached hydrogen (secondary N) is 1. The molecule has 20 heavy (non-hydrogen) atoms. The molecule has 1 amide bonds. The molecule has 0 bridgehead atoms. The van der Waals surface area contributed by atoms with Crippen LogP contribution in [-0.4, -0.2) is 18.5 Å². The zero-order valence-corrected chi connectivity index (χ0v) is 13.2. The maximum absolute atomic E-state index is 12.3. The molecule has 4 heteroatoms. The maximum Gasteiger partial charge on any atom is 0.262 e. The molecule has 0 saturated heterocycles. The summed E-state index contributed by atoms with van der Waals surface area (Å²) in [5, 5.41) is 5.04. The largest absolute Gasteiger partial charge is 0.349 e. The second-order valence-corrected chi connectivity index (χ2v) is 5.69. The van der Waals surface area contributed by atoms with Crippen LogP contribution in [0.4, 0.5) is 0 Å². The minimum atomic E-state index is -0.00382. The van der Waals surface area contributed by atoms with Gasteiger partial charge in [0.2, 0.25) is 0 Å². The van der Waals surface area contributed by atoms with Crippen LogP contribution < -0.4 is 11.1 Å². The molecule has 0 aromatic carbocycles. The second kappa shape index (κ2) is 9.57. The number of amides is 1. The standard InChI is InChI=1S/C16H24N2OS/c1-3-5-9-14(7-4-2)18-16(19)15-13(8-6-11-17)10-12-20-15/h10,12,14H,3-5,7,9,11,17H2,1-2H3,(H,18,19). The molecular weight excluding hydrogens is 268 g/mol. The lowest BCUT2D eigenvalue weighted by Crippen LogP contribution is -2.34. The van der Waals surface area contributed by atoms with Crippen molar-refractivity contribution in [2.24, 2.45) is 5.73 Å². The Morgan fingerprint density at radius 1 is 1.40 bits per heavy atom.